The zero-order valence-electron chi connectivity index (χ0n) is 32.0. The van der Waals surface area contributed by atoms with Crippen LogP contribution in [0.2, 0.25) is 0 Å². The molecule has 0 aliphatic rings. The van der Waals surface area contributed by atoms with E-state index in [-0.39, 0.29) is 36.2 Å². The van der Waals surface area contributed by atoms with Crippen molar-refractivity contribution in [2.24, 2.45) is 0 Å². The van der Waals surface area contributed by atoms with Gasteiger partial charge in [-0.25, -0.2) is 4.79 Å². The zero-order chi connectivity index (χ0) is 35.7. The van der Waals surface area contributed by atoms with Gasteiger partial charge in [0.1, 0.15) is 6.61 Å². The van der Waals surface area contributed by atoms with Gasteiger partial charge in [-0.15, -0.1) is 0 Å². The highest BCUT2D eigenvalue weighted by atomic mass is 16.6. The Morgan fingerprint density at radius 2 is 1.04 bits per heavy atom. The van der Waals surface area contributed by atoms with Gasteiger partial charge in [0.15, 0.2) is 12.1 Å². The molecule has 0 aliphatic heterocycles. The van der Waals surface area contributed by atoms with Crippen LogP contribution >= 0.6 is 0 Å². The third-order valence-corrected chi connectivity index (χ3v) is 8.91. The molecule has 8 nitrogen and oxygen atoms in total. The predicted octanol–water partition coefficient (Wildman–Crippen LogP) is 9.97. The quantitative estimate of drug-likeness (QED) is 0.0307. The number of likely N-dealkylation sites (N-methyl/N-ethyl adjacent to an activating group) is 1. The minimum Gasteiger partial charge on any atom is -0.477 e. The SMILES string of the molecule is CCCCC/C=C/CCCCCCCC(=O)OCC(COCCC(C(=O)O)[N+](C)(C)C)OC(=O)CCCCCCCCCCCCCC. The summed E-state index contributed by atoms with van der Waals surface area (Å²) in [6, 6.07) is -0.610. The second-order valence-electron chi connectivity index (χ2n) is 14.5. The second-order valence-corrected chi connectivity index (χ2v) is 14.5. The Balaban J connectivity index is 4.41. The highest BCUT2D eigenvalue weighted by Crippen LogP contribution is 2.14. The number of rotatable bonds is 35. The lowest BCUT2D eigenvalue weighted by Gasteiger charge is -2.31. The summed E-state index contributed by atoms with van der Waals surface area (Å²) in [4.78, 5) is 36.8. The van der Waals surface area contributed by atoms with Gasteiger partial charge in [0.25, 0.3) is 0 Å². The van der Waals surface area contributed by atoms with Crippen LogP contribution in [0.4, 0.5) is 0 Å². The van der Waals surface area contributed by atoms with Crippen molar-refractivity contribution in [1.29, 1.82) is 0 Å². The number of allylic oxidation sites excluding steroid dienone is 2. The third-order valence-electron chi connectivity index (χ3n) is 8.91. The van der Waals surface area contributed by atoms with E-state index >= 15 is 0 Å². The standard InChI is InChI=1S/C40H75NO7/c1-6-8-10-12-14-16-18-20-22-24-26-28-30-38(42)47-35-36(34-46-33-32-37(40(44)45)41(3,4)5)48-39(43)31-29-27-25-23-21-19-17-15-13-11-9-7-2/h14,16,36-37H,6-13,15,17-35H2,1-5H3/p+1/b16-14+. The van der Waals surface area contributed by atoms with Crippen molar-refractivity contribution in [1.82, 2.24) is 0 Å². The molecule has 0 bridgehead atoms. The molecule has 0 radical (unpaired) electrons. The molecule has 0 amide bonds. The van der Waals surface area contributed by atoms with Crippen molar-refractivity contribution in [3.63, 3.8) is 0 Å². The number of carboxylic acids is 1. The van der Waals surface area contributed by atoms with Gasteiger partial charge in [0.2, 0.25) is 0 Å². The number of aliphatic carboxylic acids is 1. The van der Waals surface area contributed by atoms with Gasteiger partial charge in [-0.05, 0) is 38.5 Å². The minimum absolute atomic E-state index is 0.0503. The van der Waals surface area contributed by atoms with Crippen LogP contribution in [-0.2, 0) is 28.6 Å². The van der Waals surface area contributed by atoms with Gasteiger partial charge < -0.3 is 23.8 Å². The van der Waals surface area contributed by atoms with Crippen molar-refractivity contribution < 1.29 is 38.2 Å². The summed E-state index contributed by atoms with van der Waals surface area (Å²) in [6.07, 6.45) is 31.0. The number of esters is 2. The summed E-state index contributed by atoms with van der Waals surface area (Å²) in [6.45, 7) is 4.70. The molecular weight excluding hydrogens is 606 g/mol. The second kappa shape index (κ2) is 32.3. The third kappa shape index (κ3) is 30.2. The van der Waals surface area contributed by atoms with Gasteiger partial charge in [-0.1, -0.05) is 129 Å². The van der Waals surface area contributed by atoms with E-state index in [4.69, 9.17) is 14.2 Å². The molecule has 0 saturated heterocycles. The topological polar surface area (TPSA) is 99.1 Å². The lowest BCUT2D eigenvalue weighted by Crippen LogP contribution is -2.50. The zero-order valence-corrected chi connectivity index (χ0v) is 32.0. The Morgan fingerprint density at radius 3 is 1.54 bits per heavy atom. The Hall–Kier alpha value is -1.93. The van der Waals surface area contributed by atoms with Crippen molar-refractivity contribution in [2.45, 2.75) is 187 Å². The molecule has 0 rings (SSSR count). The van der Waals surface area contributed by atoms with Crippen molar-refractivity contribution in [3.8, 4) is 0 Å². The number of ether oxygens (including phenoxy) is 3. The Labute approximate surface area is 295 Å². The van der Waals surface area contributed by atoms with E-state index in [1.165, 1.54) is 96.3 Å². The largest absolute Gasteiger partial charge is 0.477 e. The Kier molecular flexibility index (Phi) is 31.0. The molecule has 0 fully saturated rings. The van der Waals surface area contributed by atoms with E-state index in [2.05, 4.69) is 26.0 Å². The van der Waals surface area contributed by atoms with E-state index in [0.29, 0.717) is 19.3 Å². The van der Waals surface area contributed by atoms with Crippen LogP contribution in [0.5, 0.6) is 0 Å². The smallest absolute Gasteiger partial charge is 0.362 e. The highest BCUT2D eigenvalue weighted by molar-refractivity contribution is 5.72. The van der Waals surface area contributed by atoms with E-state index in [1.807, 2.05) is 21.1 Å². The highest BCUT2D eigenvalue weighted by Gasteiger charge is 2.31. The lowest BCUT2D eigenvalue weighted by atomic mass is 10.0. The van der Waals surface area contributed by atoms with Gasteiger partial charge in [-0.3, -0.25) is 9.59 Å². The van der Waals surface area contributed by atoms with Gasteiger partial charge in [0.05, 0.1) is 34.4 Å². The first-order valence-corrected chi connectivity index (χ1v) is 19.7. The molecule has 0 aromatic heterocycles. The fourth-order valence-electron chi connectivity index (χ4n) is 5.79. The van der Waals surface area contributed by atoms with Crippen LogP contribution in [0, 0.1) is 0 Å². The van der Waals surface area contributed by atoms with Crippen molar-refractivity contribution >= 4 is 17.9 Å². The van der Waals surface area contributed by atoms with Crippen LogP contribution in [0.1, 0.15) is 174 Å². The number of quaternary nitrogens is 1. The first kappa shape index (κ1) is 46.1. The lowest BCUT2D eigenvalue weighted by molar-refractivity contribution is -0.887. The summed E-state index contributed by atoms with van der Waals surface area (Å²) in [5.41, 5.74) is 0. The molecule has 2 atom stereocenters. The number of carbonyl (C=O) groups excluding carboxylic acids is 2. The van der Waals surface area contributed by atoms with E-state index in [9.17, 15) is 19.5 Å². The summed E-state index contributed by atoms with van der Waals surface area (Å²) in [7, 11) is 5.52. The van der Waals surface area contributed by atoms with E-state index in [1.54, 1.807) is 0 Å². The normalized spacial score (nSPS) is 13.1. The van der Waals surface area contributed by atoms with Crippen LogP contribution < -0.4 is 0 Å². The molecule has 0 aliphatic carbocycles. The molecule has 0 aromatic carbocycles. The van der Waals surface area contributed by atoms with Crippen molar-refractivity contribution in [2.75, 3.05) is 41.0 Å². The maximum Gasteiger partial charge on any atom is 0.362 e. The molecular formula is C40H76NO7+. The van der Waals surface area contributed by atoms with Gasteiger partial charge in [-0.2, -0.15) is 0 Å². The predicted molar refractivity (Wildman–Crippen MR) is 197 cm³/mol. The van der Waals surface area contributed by atoms with Crippen LogP contribution in [0.25, 0.3) is 0 Å². The van der Waals surface area contributed by atoms with Crippen LogP contribution in [0.3, 0.4) is 0 Å². The molecule has 0 heterocycles. The Bertz CT molecular complexity index is 808. The molecule has 2 unspecified atom stereocenters. The first-order chi connectivity index (χ1) is 23.1. The monoisotopic (exact) mass is 683 g/mol. The summed E-state index contributed by atoms with van der Waals surface area (Å²) in [5, 5.41) is 9.58. The minimum atomic E-state index is -0.875. The molecule has 0 aromatic rings. The summed E-state index contributed by atoms with van der Waals surface area (Å²) < 4.78 is 17.2. The fraction of sp³-hybridized carbons (Fsp3) is 0.875. The number of hydrogen-bond acceptors (Lipinski definition) is 6. The van der Waals surface area contributed by atoms with Crippen LogP contribution in [0.15, 0.2) is 12.2 Å². The molecule has 8 heteroatoms. The fourth-order valence-corrected chi connectivity index (χ4v) is 5.79. The Morgan fingerprint density at radius 1 is 0.604 bits per heavy atom. The molecule has 0 spiro atoms. The van der Waals surface area contributed by atoms with Gasteiger partial charge >= 0.3 is 17.9 Å². The maximum absolute atomic E-state index is 12.6. The number of nitrogens with zero attached hydrogens (tertiary/aromatic N) is 1. The average molecular weight is 683 g/mol. The van der Waals surface area contributed by atoms with Gasteiger partial charge in [0, 0.05) is 19.3 Å². The average Bonchev–Trinajstić information content (AvgIpc) is 3.03. The maximum atomic E-state index is 12.6. The summed E-state index contributed by atoms with van der Waals surface area (Å²) >= 11 is 0. The van der Waals surface area contributed by atoms with Crippen LogP contribution in [-0.4, -0.2) is 80.6 Å². The van der Waals surface area contributed by atoms with E-state index < -0.39 is 18.1 Å². The molecule has 48 heavy (non-hydrogen) atoms. The number of unbranched alkanes of at least 4 members (excludes halogenated alkanes) is 19. The number of hydrogen-bond donors (Lipinski definition) is 1. The number of carbonyl (C=O) groups is 3. The van der Waals surface area contributed by atoms with Crippen molar-refractivity contribution in [3.05, 3.63) is 12.2 Å². The summed E-state index contributed by atoms with van der Waals surface area (Å²) in [5.74, 6) is -1.47. The molecule has 282 valence electrons. The van der Waals surface area contributed by atoms with E-state index in [0.717, 1.165) is 44.9 Å². The first-order valence-electron chi connectivity index (χ1n) is 19.7. The molecule has 0 saturated carbocycles. The number of carboxylic acid groups (broad SMARTS) is 1. The molecule has 1 N–H and O–H groups in total.